The number of likely N-dealkylation sites (N-methyl/N-ethyl adjacent to an activating group) is 2. The molecule has 4 rings (SSSR count). The van der Waals surface area contributed by atoms with Crippen molar-refractivity contribution in [2.24, 2.45) is 0 Å². The van der Waals surface area contributed by atoms with E-state index in [1.165, 1.54) is 0 Å². The number of rotatable bonds is 0. The molecular formula is C17H15ClN2O. The molecule has 1 atom stereocenters. The quantitative estimate of drug-likeness (QED) is 0.746. The predicted molar refractivity (Wildman–Crippen MR) is 85.1 cm³/mol. The fourth-order valence-corrected chi connectivity index (χ4v) is 3.93. The molecule has 106 valence electrons. The van der Waals surface area contributed by atoms with Crippen LogP contribution in [0.3, 0.4) is 0 Å². The molecule has 0 aromatic heterocycles. The van der Waals surface area contributed by atoms with Gasteiger partial charge in [-0.1, -0.05) is 29.8 Å². The standard InChI is InChI=1S/C17H15ClN2O/c1-19-15-6-4-3-5-13(15)17(16(19)21)10-11-9-12(18)7-8-14(11)20(17)2/h3-9H,10H2,1-2H3. The van der Waals surface area contributed by atoms with Gasteiger partial charge in [0.15, 0.2) is 5.54 Å². The van der Waals surface area contributed by atoms with E-state index >= 15 is 0 Å². The molecule has 0 N–H and O–H groups in total. The van der Waals surface area contributed by atoms with Crippen LogP contribution in [0, 0.1) is 0 Å². The number of benzene rings is 2. The molecule has 4 heteroatoms. The first kappa shape index (κ1) is 12.7. The van der Waals surface area contributed by atoms with E-state index in [1.807, 2.05) is 50.5 Å². The van der Waals surface area contributed by atoms with Gasteiger partial charge in [0.1, 0.15) is 0 Å². The summed E-state index contributed by atoms with van der Waals surface area (Å²) in [6, 6.07) is 13.9. The Bertz CT molecular complexity index is 773. The number of nitrogens with zero attached hydrogens (tertiary/aromatic N) is 2. The van der Waals surface area contributed by atoms with Gasteiger partial charge < -0.3 is 9.80 Å². The Morgan fingerprint density at radius 2 is 1.86 bits per heavy atom. The fourth-order valence-electron chi connectivity index (χ4n) is 3.74. The summed E-state index contributed by atoms with van der Waals surface area (Å²) in [7, 11) is 3.84. The predicted octanol–water partition coefficient (Wildman–Crippen LogP) is 3.20. The van der Waals surface area contributed by atoms with Crippen LogP contribution in [0.5, 0.6) is 0 Å². The van der Waals surface area contributed by atoms with Gasteiger partial charge in [-0.15, -0.1) is 0 Å². The van der Waals surface area contributed by atoms with Crippen LogP contribution in [0.4, 0.5) is 11.4 Å². The molecule has 0 bridgehead atoms. The lowest BCUT2D eigenvalue weighted by Crippen LogP contribution is -2.49. The van der Waals surface area contributed by atoms with E-state index in [4.69, 9.17) is 11.6 Å². The van der Waals surface area contributed by atoms with Crippen molar-refractivity contribution < 1.29 is 4.79 Å². The summed E-state index contributed by atoms with van der Waals surface area (Å²) in [4.78, 5) is 16.9. The lowest BCUT2D eigenvalue weighted by atomic mass is 9.87. The molecule has 0 saturated heterocycles. The third-order valence-corrected chi connectivity index (χ3v) is 5.03. The monoisotopic (exact) mass is 298 g/mol. The summed E-state index contributed by atoms with van der Waals surface area (Å²) in [5.74, 6) is 0.124. The largest absolute Gasteiger partial charge is 0.356 e. The van der Waals surface area contributed by atoms with Gasteiger partial charge in [0.25, 0.3) is 5.91 Å². The third-order valence-electron chi connectivity index (χ3n) is 4.79. The minimum atomic E-state index is -0.627. The fraction of sp³-hybridized carbons (Fsp3) is 0.235. The number of hydrogen-bond donors (Lipinski definition) is 0. The summed E-state index contributed by atoms with van der Waals surface area (Å²) in [6.45, 7) is 0. The van der Waals surface area contributed by atoms with Gasteiger partial charge in [-0.05, 0) is 29.8 Å². The Morgan fingerprint density at radius 1 is 1.10 bits per heavy atom. The minimum absolute atomic E-state index is 0.124. The Labute approximate surface area is 128 Å². The van der Waals surface area contributed by atoms with Crippen LogP contribution in [-0.2, 0) is 16.8 Å². The highest BCUT2D eigenvalue weighted by molar-refractivity contribution is 6.30. The van der Waals surface area contributed by atoms with Crippen molar-refractivity contribution in [2.45, 2.75) is 12.0 Å². The van der Waals surface area contributed by atoms with Gasteiger partial charge in [0.2, 0.25) is 0 Å². The van der Waals surface area contributed by atoms with Gasteiger partial charge in [-0.25, -0.2) is 0 Å². The van der Waals surface area contributed by atoms with Gasteiger partial charge in [-0.2, -0.15) is 0 Å². The molecule has 2 aliphatic rings. The third kappa shape index (κ3) is 1.42. The lowest BCUT2D eigenvalue weighted by Gasteiger charge is -2.32. The molecule has 1 spiro atoms. The molecule has 1 amide bonds. The Kier molecular flexibility index (Phi) is 2.43. The minimum Gasteiger partial charge on any atom is -0.356 e. The second kappa shape index (κ2) is 4.01. The van der Waals surface area contributed by atoms with Gasteiger partial charge in [-0.3, -0.25) is 4.79 Å². The Morgan fingerprint density at radius 3 is 2.67 bits per heavy atom. The zero-order valence-corrected chi connectivity index (χ0v) is 12.7. The van der Waals surface area contributed by atoms with Crippen LogP contribution in [0.1, 0.15) is 11.1 Å². The highest BCUT2D eigenvalue weighted by Crippen LogP contribution is 2.51. The van der Waals surface area contributed by atoms with E-state index in [2.05, 4.69) is 11.0 Å². The maximum absolute atomic E-state index is 13.0. The van der Waals surface area contributed by atoms with E-state index in [0.717, 1.165) is 22.5 Å². The number of fused-ring (bicyclic) bond motifs is 3. The first-order valence-corrected chi connectivity index (χ1v) is 7.33. The zero-order valence-electron chi connectivity index (χ0n) is 11.9. The van der Waals surface area contributed by atoms with Crippen molar-refractivity contribution in [2.75, 3.05) is 23.9 Å². The van der Waals surface area contributed by atoms with Crippen molar-refractivity contribution in [1.82, 2.24) is 0 Å². The summed E-state index contributed by atoms with van der Waals surface area (Å²) in [5.41, 5.74) is 3.65. The molecule has 3 nitrogen and oxygen atoms in total. The molecule has 0 saturated carbocycles. The van der Waals surface area contributed by atoms with Crippen molar-refractivity contribution in [3.05, 3.63) is 58.6 Å². The van der Waals surface area contributed by atoms with Gasteiger partial charge in [0, 0.05) is 42.5 Å². The molecule has 2 aromatic carbocycles. The average molecular weight is 299 g/mol. The van der Waals surface area contributed by atoms with Gasteiger partial charge in [0.05, 0.1) is 0 Å². The number of amides is 1. The molecule has 0 aliphatic carbocycles. The van der Waals surface area contributed by atoms with Crippen molar-refractivity contribution >= 4 is 28.9 Å². The van der Waals surface area contributed by atoms with Gasteiger partial charge >= 0.3 is 0 Å². The van der Waals surface area contributed by atoms with E-state index in [-0.39, 0.29) is 5.91 Å². The normalized spacial score (nSPS) is 22.9. The molecule has 2 heterocycles. The van der Waals surface area contributed by atoms with Crippen LogP contribution < -0.4 is 9.80 Å². The molecule has 2 aromatic rings. The smallest absolute Gasteiger partial charge is 0.257 e. The Hall–Kier alpha value is -2.00. The summed E-state index contributed by atoms with van der Waals surface area (Å²) < 4.78 is 0. The number of halogens is 1. The average Bonchev–Trinajstić information content (AvgIpc) is 2.89. The van der Waals surface area contributed by atoms with Crippen LogP contribution in [0.2, 0.25) is 5.02 Å². The molecular weight excluding hydrogens is 284 g/mol. The molecule has 2 aliphatic heterocycles. The summed E-state index contributed by atoms with van der Waals surface area (Å²) in [6.07, 6.45) is 0.666. The van der Waals surface area contributed by atoms with Crippen LogP contribution >= 0.6 is 11.6 Å². The number of hydrogen-bond acceptors (Lipinski definition) is 2. The van der Waals surface area contributed by atoms with Crippen LogP contribution in [0.15, 0.2) is 42.5 Å². The number of carbonyl (C=O) groups is 1. The maximum Gasteiger partial charge on any atom is 0.257 e. The van der Waals surface area contributed by atoms with Crippen molar-refractivity contribution in [3.63, 3.8) is 0 Å². The first-order chi connectivity index (χ1) is 10.1. The van der Waals surface area contributed by atoms with E-state index < -0.39 is 5.54 Å². The number of para-hydroxylation sites is 1. The maximum atomic E-state index is 13.0. The van der Waals surface area contributed by atoms with Crippen molar-refractivity contribution in [3.8, 4) is 0 Å². The topological polar surface area (TPSA) is 23.6 Å². The summed E-state index contributed by atoms with van der Waals surface area (Å²) in [5, 5.41) is 0.714. The zero-order chi connectivity index (χ0) is 14.8. The second-order valence-corrected chi connectivity index (χ2v) is 6.19. The van der Waals surface area contributed by atoms with E-state index in [0.29, 0.717) is 11.4 Å². The van der Waals surface area contributed by atoms with E-state index in [1.54, 1.807) is 4.90 Å². The summed E-state index contributed by atoms with van der Waals surface area (Å²) >= 11 is 6.12. The van der Waals surface area contributed by atoms with Crippen molar-refractivity contribution in [1.29, 1.82) is 0 Å². The first-order valence-electron chi connectivity index (χ1n) is 6.95. The molecule has 0 radical (unpaired) electrons. The Balaban J connectivity index is 1.96. The highest BCUT2D eigenvalue weighted by Gasteiger charge is 2.56. The number of anilines is 2. The lowest BCUT2D eigenvalue weighted by molar-refractivity contribution is -0.122. The SMILES string of the molecule is CN1C(=O)C2(Cc3cc(Cl)ccc3N2C)c2ccccc21. The number of carbonyl (C=O) groups excluding carboxylic acids is 1. The van der Waals surface area contributed by atoms with E-state index in [9.17, 15) is 4.79 Å². The molecule has 1 unspecified atom stereocenters. The highest BCUT2D eigenvalue weighted by atomic mass is 35.5. The molecule has 0 fully saturated rings. The van der Waals surface area contributed by atoms with Crippen LogP contribution in [-0.4, -0.2) is 20.0 Å². The second-order valence-electron chi connectivity index (χ2n) is 5.75. The van der Waals surface area contributed by atoms with Crippen LogP contribution in [0.25, 0.3) is 0 Å². The molecule has 21 heavy (non-hydrogen) atoms.